The first-order chi connectivity index (χ1) is 10.3. The molecule has 0 aromatic carbocycles. The minimum Gasteiger partial charge on any atom is -0.341 e. The predicted octanol–water partition coefficient (Wildman–Crippen LogP) is 3.62. The van der Waals surface area contributed by atoms with E-state index in [1.54, 1.807) is 11.8 Å². The molecule has 1 aromatic heterocycles. The lowest BCUT2D eigenvalue weighted by atomic mass is 10.2. The summed E-state index contributed by atoms with van der Waals surface area (Å²) in [7, 11) is 0. The van der Waals surface area contributed by atoms with E-state index in [4.69, 9.17) is 11.6 Å². The molecule has 1 atom stereocenters. The molecule has 0 N–H and O–H groups in total. The van der Waals surface area contributed by atoms with Gasteiger partial charge in [0, 0.05) is 19.0 Å². The molecular formula is C14H17ClF3N3O. The molecule has 0 unspecified atom stereocenters. The lowest BCUT2D eigenvalue weighted by Gasteiger charge is -2.22. The number of carbonyl (C=O) groups is 1. The van der Waals surface area contributed by atoms with E-state index >= 15 is 0 Å². The van der Waals surface area contributed by atoms with Crippen LogP contribution in [0.5, 0.6) is 0 Å². The first-order valence-electron chi connectivity index (χ1n) is 7.44. The second-order valence-corrected chi connectivity index (χ2v) is 6.35. The van der Waals surface area contributed by atoms with Crippen LogP contribution in [0.4, 0.5) is 13.2 Å². The van der Waals surface area contributed by atoms with Gasteiger partial charge in [-0.15, -0.1) is 0 Å². The monoisotopic (exact) mass is 335 g/mol. The first kappa shape index (κ1) is 15.6. The van der Waals surface area contributed by atoms with Crippen LogP contribution in [0.25, 0.3) is 0 Å². The number of aromatic nitrogens is 2. The van der Waals surface area contributed by atoms with Gasteiger partial charge >= 0.3 is 6.18 Å². The highest BCUT2D eigenvalue weighted by molar-refractivity contribution is 6.32. The molecule has 2 aliphatic rings. The summed E-state index contributed by atoms with van der Waals surface area (Å²) in [6.45, 7) is 2.90. The molecule has 8 heteroatoms. The Labute approximate surface area is 131 Å². The lowest BCUT2D eigenvalue weighted by molar-refractivity contribution is -0.142. The summed E-state index contributed by atoms with van der Waals surface area (Å²) in [5, 5.41) is 3.30. The average molecular weight is 336 g/mol. The number of amides is 1. The van der Waals surface area contributed by atoms with Gasteiger partial charge in [0.2, 0.25) is 5.91 Å². The molecule has 4 nitrogen and oxygen atoms in total. The van der Waals surface area contributed by atoms with E-state index in [0.717, 1.165) is 25.7 Å². The third kappa shape index (κ3) is 2.71. The fraction of sp³-hybridized carbons (Fsp3) is 0.714. The SMILES string of the molecule is C[C@@H](C(=O)N1CCCC1)n1nc(C(F)(F)F)c(Cl)c1C1CC1. The minimum absolute atomic E-state index is 0.0232. The van der Waals surface area contributed by atoms with Gasteiger partial charge in [0.25, 0.3) is 0 Å². The van der Waals surface area contributed by atoms with Crippen molar-refractivity contribution in [2.75, 3.05) is 13.1 Å². The summed E-state index contributed by atoms with van der Waals surface area (Å²) in [4.78, 5) is 14.1. The average Bonchev–Trinajstić information content (AvgIpc) is 3.00. The zero-order valence-corrected chi connectivity index (χ0v) is 12.9. The molecule has 0 radical (unpaired) electrons. The number of nitrogens with zero attached hydrogens (tertiary/aromatic N) is 3. The topological polar surface area (TPSA) is 38.1 Å². The molecule has 1 aliphatic carbocycles. The van der Waals surface area contributed by atoms with Gasteiger partial charge in [-0.25, -0.2) is 0 Å². The van der Waals surface area contributed by atoms with Gasteiger partial charge in [-0.1, -0.05) is 11.6 Å². The highest BCUT2D eigenvalue weighted by Gasteiger charge is 2.43. The maximum absolute atomic E-state index is 13.0. The number of hydrogen-bond donors (Lipinski definition) is 0. The maximum atomic E-state index is 13.0. The van der Waals surface area contributed by atoms with E-state index in [1.165, 1.54) is 4.68 Å². The quantitative estimate of drug-likeness (QED) is 0.846. The minimum atomic E-state index is -4.61. The summed E-state index contributed by atoms with van der Waals surface area (Å²) in [5.41, 5.74) is -0.730. The van der Waals surface area contributed by atoms with E-state index in [1.807, 2.05) is 0 Å². The third-order valence-corrected chi connectivity index (χ3v) is 4.63. The summed E-state index contributed by atoms with van der Waals surface area (Å²) in [6.07, 6.45) is -1.17. The van der Waals surface area contributed by atoms with Gasteiger partial charge in [0.15, 0.2) is 5.69 Å². The van der Waals surface area contributed by atoms with E-state index in [2.05, 4.69) is 5.10 Å². The molecule has 1 amide bonds. The molecule has 22 heavy (non-hydrogen) atoms. The molecule has 1 saturated heterocycles. The smallest absolute Gasteiger partial charge is 0.341 e. The molecule has 1 aliphatic heterocycles. The van der Waals surface area contributed by atoms with E-state index in [-0.39, 0.29) is 16.8 Å². The van der Waals surface area contributed by atoms with E-state index in [9.17, 15) is 18.0 Å². The van der Waals surface area contributed by atoms with Crippen molar-refractivity contribution >= 4 is 17.5 Å². The zero-order chi connectivity index (χ0) is 16.1. The van der Waals surface area contributed by atoms with Gasteiger partial charge in [0.05, 0.1) is 10.7 Å². The molecule has 122 valence electrons. The van der Waals surface area contributed by atoms with E-state index < -0.39 is 17.9 Å². The van der Waals surface area contributed by atoms with Crippen LogP contribution in [0.15, 0.2) is 0 Å². The van der Waals surface area contributed by atoms with Crippen molar-refractivity contribution in [3.63, 3.8) is 0 Å². The van der Waals surface area contributed by atoms with Crippen molar-refractivity contribution in [3.05, 3.63) is 16.4 Å². The summed E-state index contributed by atoms with van der Waals surface area (Å²) in [6, 6.07) is -0.762. The van der Waals surface area contributed by atoms with Crippen molar-refractivity contribution in [3.8, 4) is 0 Å². The molecular weight excluding hydrogens is 319 g/mol. The summed E-state index contributed by atoms with van der Waals surface area (Å²) in [5.74, 6) is -0.211. The molecule has 3 rings (SSSR count). The number of halogens is 4. The van der Waals surface area contributed by atoms with Crippen molar-refractivity contribution in [1.29, 1.82) is 0 Å². The second kappa shape index (κ2) is 5.44. The highest BCUT2D eigenvalue weighted by atomic mass is 35.5. The van der Waals surface area contributed by atoms with Crippen molar-refractivity contribution in [2.45, 2.75) is 50.7 Å². The summed E-state index contributed by atoms with van der Waals surface area (Å²) >= 11 is 5.93. The Morgan fingerprint density at radius 3 is 2.41 bits per heavy atom. The molecule has 0 bridgehead atoms. The van der Waals surface area contributed by atoms with Gasteiger partial charge in [-0.2, -0.15) is 18.3 Å². The molecule has 1 saturated carbocycles. The Hall–Kier alpha value is -1.24. The Morgan fingerprint density at radius 1 is 1.32 bits per heavy atom. The highest BCUT2D eigenvalue weighted by Crippen LogP contribution is 2.47. The Morgan fingerprint density at radius 2 is 1.91 bits per heavy atom. The normalized spacial score (nSPS) is 20.5. The van der Waals surface area contributed by atoms with Crippen LogP contribution in [0.3, 0.4) is 0 Å². The Balaban J connectivity index is 1.96. The van der Waals surface area contributed by atoms with Crippen LogP contribution < -0.4 is 0 Å². The van der Waals surface area contributed by atoms with Crippen LogP contribution >= 0.6 is 11.6 Å². The number of alkyl halides is 3. The lowest BCUT2D eigenvalue weighted by Crippen LogP contribution is -2.35. The number of rotatable bonds is 3. The van der Waals surface area contributed by atoms with Gasteiger partial charge in [-0.05, 0) is 32.6 Å². The molecule has 1 aromatic rings. The fourth-order valence-corrected chi connectivity index (χ4v) is 3.32. The van der Waals surface area contributed by atoms with Gasteiger partial charge in [-0.3, -0.25) is 9.48 Å². The van der Waals surface area contributed by atoms with Gasteiger partial charge in [0.1, 0.15) is 6.04 Å². The molecule has 0 spiro atoms. The molecule has 2 fully saturated rings. The van der Waals surface area contributed by atoms with Gasteiger partial charge < -0.3 is 4.90 Å². The Kier molecular flexibility index (Phi) is 3.87. The van der Waals surface area contributed by atoms with Crippen molar-refractivity contribution < 1.29 is 18.0 Å². The van der Waals surface area contributed by atoms with Crippen LogP contribution in [-0.2, 0) is 11.0 Å². The van der Waals surface area contributed by atoms with Crippen LogP contribution in [0, 0.1) is 0 Å². The van der Waals surface area contributed by atoms with Crippen LogP contribution in [0.1, 0.15) is 56.0 Å². The molecule has 2 heterocycles. The number of carbonyl (C=O) groups excluding carboxylic acids is 1. The maximum Gasteiger partial charge on any atom is 0.436 e. The number of likely N-dealkylation sites (tertiary alicyclic amines) is 1. The second-order valence-electron chi connectivity index (χ2n) is 5.97. The van der Waals surface area contributed by atoms with Crippen LogP contribution in [0.2, 0.25) is 5.02 Å². The van der Waals surface area contributed by atoms with E-state index in [0.29, 0.717) is 18.8 Å². The first-order valence-corrected chi connectivity index (χ1v) is 7.82. The fourth-order valence-electron chi connectivity index (χ4n) is 2.93. The largest absolute Gasteiger partial charge is 0.436 e. The third-order valence-electron chi connectivity index (χ3n) is 4.26. The predicted molar refractivity (Wildman–Crippen MR) is 74.7 cm³/mol. The summed E-state index contributed by atoms with van der Waals surface area (Å²) < 4.78 is 40.3. The zero-order valence-electron chi connectivity index (χ0n) is 12.2. The van der Waals surface area contributed by atoms with Crippen LogP contribution in [-0.4, -0.2) is 33.7 Å². The standard InChI is InChI=1S/C14H17ClF3N3O/c1-8(13(22)20-6-2-3-7-20)21-11(9-4-5-9)10(15)12(19-21)14(16,17)18/h8-9H,2-7H2,1H3/t8-/m0/s1. The van der Waals surface area contributed by atoms with Crippen molar-refractivity contribution in [2.24, 2.45) is 0 Å². The Bertz CT molecular complexity index is 589. The van der Waals surface area contributed by atoms with Crippen molar-refractivity contribution in [1.82, 2.24) is 14.7 Å². The number of hydrogen-bond acceptors (Lipinski definition) is 2.